The highest BCUT2D eigenvalue weighted by molar-refractivity contribution is 7.11. The van der Waals surface area contributed by atoms with Crippen molar-refractivity contribution in [3.63, 3.8) is 0 Å². The van der Waals surface area contributed by atoms with Crippen molar-refractivity contribution in [1.82, 2.24) is 4.98 Å². The van der Waals surface area contributed by atoms with Gasteiger partial charge in [-0.1, -0.05) is 19.4 Å². The predicted octanol–water partition coefficient (Wildman–Crippen LogP) is 3.78. The van der Waals surface area contributed by atoms with Gasteiger partial charge in [0.15, 0.2) is 0 Å². The Bertz CT molecular complexity index is 578. The molecule has 2 aromatic rings. The molecule has 0 aliphatic heterocycles. The van der Waals surface area contributed by atoms with Crippen LogP contribution >= 0.6 is 11.3 Å². The van der Waals surface area contributed by atoms with E-state index in [0.29, 0.717) is 6.61 Å². The number of nitrogens with zero attached hydrogens (tertiary/aromatic N) is 1. The second-order valence-electron chi connectivity index (χ2n) is 4.92. The summed E-state index contributed by atoms with van der Waals surface area (Å²) in [6.45, 7) is 6.81. The molecule has 0 amide bonds. The molecule has 1 aromatic heterocycles. The van der Waals surface area contributed by atoms with E-state index in [0.717, 1.165) is 34.2 Å². The first-order valence-electron chi connectivity index (χ1n) is 6.92. The zero-order chi connectivity index (χ0) is 14.5. The highest BCUT2D eigenvalue weighted by Gasteiger charge is 2.10. The summed E-state index contributed by atoms with van der Waals surface area (Å²) in [5.41, 5.74) is 3.50. The van der Waals surface area contributed by atoms with Crippen LogP contribution in [0.25, 0.3) is 0 Å². The Labute approximate surface area is 124 Å². The van der Waals surface area contributed by atoms with Gasteiger partial charge in [-0.2, -0.15) is 0 Å². The smallest absolute Gasteiger partial charge is 0.140 e. The van der Waals surface area contributed by atoms with E-state index in [4.69, 9.17) is 4.74 Å². The van der Waals surface area contributed by atoms with Crippen molar-refractivity contribution in [2.24, 2.45) is 0 Å². The van der Waals surface area contributed by atoms with Gasteiger partial charge in [-0.3, -0.25) is 0 Å². The molecule has 0 bridgehead atoms. The van der Waals surface area contributed by atoms with Crippen molar-refractivity contribution < 1.29 is 9.84 Å². The normalized spacial score (nSPS) is 10.8. The third kappa shape index (κ3) is 3.58. The average Bonchev–Trinajstić information content (AvgIpc) is 2.83. The molecule has 0 radical (unpaired) electrons. The van der Waals surface area contributed by atoms with Crippen molar-refractivity contribution in [3.05, 3.63) is 44.9 Å². The standard InChI is InChI=1S/C16H21NO2S/c1-4-5-14-15(9-18)20-16(17-14)10-19-13-7-6-11(2)12(3)8-13/h6-8,18H,4-5,9-10H2,1-3H3. The molecule has 1 aromatic carbocycles. The third-order valence-electron chi connectivity index (χ3n) is 3.29. The molecule has 1 heterocycles. The summed E-state index contributed by atoms with van der Waals surface area (Å²) in [6, 6.07) is 6.09. The fraction of sp³-hybridized carbons (Fsp3) is 0.438. The van der Waals surface area contributed by atoms with Gasteiger partial charge < -0.3 is 9.84 Å². The van der Waals surface area contributed by atoms with Crippen LogP contribution in [0.4, 0.5) is 0 Å². The van der Waals surface area contributed by atoms with Crippen LogP contribution in [-0.4, -0.2) is 10.1 Å². The number of aliphatic hydroxyl groups is 1. The summed E-state index contributed by atoms with van der Waals surface area (Å²) in [5, 5.41) is 10.3. The average molecular weight is 291 g/mol. The van der Waals surface area contributed by atoms with E-state index in [9.17, 15) is 5.11 Å². The lowest BCUT2D eigenvalue weighted by atomic mass is 10.1. The Morgan fingerprint density at radius 3 is 2.70 bits per heavy atom. The molecule has 0 spiro atoms. The maximum atomic E-state index is 9.34. The largest absolute Gasteiger partial charge is 0.486 e. The third-order valence-corrected chi connectivity index (χ3v) is 4.35. The summed E-state index contributed by atoms with van der Waals surface area (Å²) < 4.78 is 5.79. The maximum Gasteiger partial charge on any atom is 0.140 e. The zero-order valence-electron chi connectivity index (χ0n) is 12.3. The van der Waals surface area contributed by atoms with Crippen LogP contribution in [0.15, 0.2) is 18.2 Å². The van der Waals surface area contributed by atoms with Gasteiger partial charge in [0.1, 0.15) is 17.4 Å². The van der Waals surface area contributed by atoms with Gasteiger partial charge in [0.2, 0.25) is 0 Å². The molecule has 108 valence electrons. The van der Waals surface area contributed by atoms with Crippen LogP contribution in [0.3, 0.4) is 0 Å². The van der Waals surface area contributed by atoms with Crippen LogP contribution in [0, 0.1) is 13.8 Å². The van der Waals surface area contributed by atoms with E-state index in [2.05, 4.69) is 31.8 Å². The molecule has 0 saturated heterocycles. The first-order chi connectivity index (χ1) is 9.63. The number of rotatable bonds is 6. The van der Waals surface area contributed by atoms with Crippen LogP contribution < -0.4 is 4.74 Å². The second kappa shape index (κ2) is 6.86. The molecular weight excluding hydrogens is 270 g/mol. The summed E-state index contributed by atoms with van der Waals surface area (Å²) >= 11 is 1.54. The zero-order valence-corrected chi connectivity index (χ0v) is 13.1. The topological polar surface area (TPSA) is 42.4 Å². The van der Waals surface area contributed by atoms with E-state index in [1.165, 1.54) is 22.5 Å². The monoisotopic (exact) mass is 291 g/mol. The fourth-order valence-electron chi connectivity index (χ4n) is 2.00. The van der Waals surface area contributed by atoms with E-state index in [1.807, 2.05) is 12.1 Å². The van der Waals surface area contributed by atoms with E-state index < -0.39 is 0 Å². The first kappa shape index (κ1) is 15.0. The van der Waals surface area contributed by atoms with Crippen molar-refractivity contribution >= 4 is 11.3 Å². The number of aryl methyl sites for hydroxylation is 3. The lowest BCUT2D eigenvalue weighted by Gasteiger charge is -2.06. The molecule has 0 unspecified atom stereocenters. The molecule has 0 atom stereocenters. The van der Waals surface area contributed by atoms with E-state index in [-0.39, 0.29) is 6.61 Å². The summed E-state index contributed by atoms with van der Waals surface area (Å²) in [7, 11) is 0. The van der Waals surface area contributed by atoms with Crippen molar-refractivity contribution in [3.8, 4) is 5.75 Å². The molecule has 0 aliphatic carbocycles. The fourth-order valence-corrected chi connectivity index (χ4v) is 2.89. The summed E-state index contributed by atoms with van der Waals surface area (Å²) in [5.74, 6) is 0.867. The summed E-state index contributed by atoms with van der Waals surface area (Å²) in [4.78, 5) is 5.52. The Hall–Kier alpha value is -1.39. The van der Waals surface area contributed by atoms with Gasteiger partial charge in [-0.25, -0.2) is 4.98 Å². The number of benzene rings is 1. The number of aliphatic hydroxyl groups excluding tert-OH is 1. The van der Waals surface area contributed by atoms with Gasteiger partial charge in [-0.15, -0.1) is 11.3 Å². The van der Waals surface area contributed by atoms with Crippen LogP contribution in [-0.2, 0) is 19.6 Å². The minimum absolute atomic E-state index is 0.0661. The Morgan fingerprint density at radius 2 is 2.05 bits per heavy atom. The Morgan fingerprint density at radius 1 is 1.25 bits per heavy atom. The highest BCUT2D eigenvalue weighted by atomic mass is 32.1. The SMILES string of the molecule is CCCc1nc(COc2ccc(C)c(C)c2)sc1CO. The van der Waals surface area contributed by atoms with Crippen molar-refractivity contribution in [1.29, 1.82) is 0 Å². The number of thiazole rings is 1. The number of ether oxygens (including phenoxy) is 1. The van der Waals surface area contributed by atoms with Crippen LogP contribution in [0.5, 0.6) is 5.75 Å². The lowest BCUT2D eigenvalue weighted by Crippen LogP contribution is -1.96. The maximum absolute atomic E-state index is 9.34. The summed E-state index contributed by atoms with van der Waals surface area (Å²) in [6.07, 6.45) is 1.95. The first-order valence-corrected chi connectivity index (χ1v) is 7.74. The van der Waals surface area contributed by atoms with Crippen LogP contribution in [0.2, 0.25) is 0 Å². The molecule has 1 N–H and O–H groups in total. The molecule has 0 saturated carbocycles. The van der Waals surface area contributed by atoms with Gasteiger partial charge >= 0.3 is 0 Å². The van der Waals surface area contributed by atoms with E-state index >= 15 is 0 Å². The molecule has 20 heavy (non-hydrogen) atoms. The highest BCUT2D eigenvalue weighted by Crippen LogP contribution is 2.23. The van der Waals surface area contributed by atoms with Crippen LogP contribution in [0.1, 0.15) is 40.1 Å². The minimum Gasteiger partial charge on any atom is -0.486 e. The Kier molecular flexibility index (Phi) is 5.15. The van der Waals surface area contributed by atoms with Crippen molar-refractivity contribution in [2.75, 3.05) is 0 Å². The van der Waals surface area contributed by atoms with Gasteiger partial charge in [0, 0.05) is 0 Å². The van der Waals surface area contributed by atoms with Gasteiger partial charge in [0.05, 0.1) is 17.2 Å². The molecule has 2 rings (SSSR count). The van der Waals surface area contributed by atoms with Gasteiger partial charge in [-0.05, 0) is 43.5 Å². The lowest BCUT2D eigenvalue weighted by molar-refractivity contribution is 0.284. The second-order valence-corrected chi connectivity index (χ2v) is 6.09. The molecule has 0 fully saturated rings. The number of hydrogen-bond acceptors (Lipinski definition) is 4. The van der Waals surface area contributed by atoms with Gasteiger partial charge in [0.25, 0.3) is 0 Å². The van der Waals surface area contributed by atoms with Crippen molar-refractivity contribution in [2.45, 2.75) is 46.8 Å². The predicted molar refractivity (Wildman–Crippen MR) is 82.3 cm³/mol. The number of aromatic nitrogens is 1. The molecule has 0 aliphatic rings. The molecule has 3 nitrogen and oxygen atoms in total. The Balaban J connectivity index is 2.04. The number of hydrogen-bond donors (Lipinski definition) is 1. The molecular formula is C16H21NO2S. The van der Waals surface area contributed by atoms with E-state index in [1.54, 1.807) is 0 Å². The minimum atomic E-state index is 0.0661. The quantitative estimate of drug-likeness (QED) is 0.880. The molecule has 4 heteroatoms.